The molecule has 0 saturated heterocycles. The average molecular weight is 330 g/mol. The van der Waals surface area contributed by atoms with Crippen molar-refractivity contribution in [2.75, 3.05) is 0 Å². The standard InChI is InChI=1S/C13H11BrClFN2/c1-2-3-9-12(17-7-18-13(9)15)10-6-8(14)4-5-11(10)16/h4-7H,2-3H2,1H3. The van der Waals surface area contributed by atoms with Gasteiger partial charge in [0.15, 0.2) is 0 Å². The summed E-state index contributed by atoms with van der Waals surface area (Å²) >= 11 is 9.40. The predicted octanol–water partition coefficient (Wildman–Crippen LogP) is 4.65. The molecule has 0 aliphatic carbocycles. The lowest BCUT2D eigenvalue weighted by Gasteiger charge is -2.10. The summed E-state index contributed by atoms with van der Waals surface area (Å²) in [7, 11) is 0. The van der Waals surface area contributed by atoms with Gasteiger partial charge >= 0.3 is 0 Å². The first-order chi connectivity index (χ1) is 8.63. The molecule has 5 heteroatoms. The third-order valence-electron chi connectivity index (χ3n) is 2.58. The van der Waals surface area contributed by atoms with Gasteiger partial charge in [-0.25, -0.2) is 14.4 Å². The molecular weight excluding hydrogens is 319 g/mol. The number of halogens is 3. The molecule has 0 radical (unpaired) electrons. The molecule has 2 aromatic rings. The molecule has 1 aromatic heterocycles. The summed E-state index contributed by atoms with van der Waals surface area (Å²) in [6, 6.07) is 4.76. The van der Waals surface area contributed by atoms with E-state index in [9.17, 15) is 4.39 Å². The minimum Gasteiger partial charge on any atom is -0.236 e. The Morgan fingerprint density at radius 2 is 2.11 bits per heavy atom. The van der Waals surface area contributed by atoms with Gasteiger partial charge in [-0.2, -0.15) is 0 Å². The highest BCUT2D eigenvalue weighted by Gasteiger charge is 2.14. The molecule has 0 aliphatic heterocycles. The first-order valence-corrected chi connectivity index (χ1v) is 6.75. The van der Waals surface area contributed by atoms with Gasteiger partial charge in [0.05, 0.1) is 5.69 Å². The van der Waals surface area contributed by atoms with Crippen LogP contribution in [0.2, 0.25) is 5.15 Å². The van der Waals surface area contributed by atoms with Crippen molar-refractivity contribution in [3.8, 4) is 11.3 Å². The zero-order valence-corrected chi connectivity index (χ0v) is 12.1. The average Bonchev–Trinajstić information content (AvgIpc) is 2.35. The lowest BCUT2D eigenvalue weighted by atomic mass is 10.0. The van der Waals surface area contributed by atoms with Gasteiger partial charge in [-0.15, -0.1) is 0 Å². The highest BCUT2D eigenvalue weighted by Crippen LogP contribution is 2.30. The first-order valence-electron chi connectivity index (χ1n) is 5.58. The fraction of sp³-hybridized carbons (Fsp3) is 0.231. The Morgan fingerprint density at radius 1 is 1.33 bits per heavy atom. The Morgan fingerprint density at radius 3 is 2.83 bits per heavy atom. The Hall–Kier alpha value is -1.00. The molecule has 1 heterocycles. The maximum absolute atomic E-state index is 13.9. The maximum atomic E-state index is 13.9. The summed E-state index contributed by atoms with van der Waals surface area (Å²) < 4.78 is 14.7. The van der Waals surface area contributed by atoms with Gasteiger partial charge in [0.2, 0.25) is 0 Å². The highest BCUT2D eigenvalue weighted by atomic mass is 79.9. The van der Waals surface area contributed by atoms with Gasteiger partial charge < -0.3 is 0 Å². The van der Waals surface area contributed by atoms with Crippen molar-refractivity contribution in [1.82, 2.24) is 9.97 Å². The van der Waals surface area contributed by atoms with Gasteiger partial charge in [-0.1, -0.05) is 40.9 Å². The van der Waals surface area contributed by atoms with E-state index in [0.29, 0.717) is 16.4 Å². The van der Waals surface area contributed by atoms with E-state index in [4.69, 9.17) is 11.6 Å². The molecule has 1 aromatic carbocycles. The van der Waals surface area contributed by atoms with Crippen molar-refractivity contribution < 1.29 is 4.39 Å². The molecule has 0 N–H and O–H groups in total. The molecule has 2 nitrogen and oxygen atoms in total. The van der Waals surface area contributed by atoms with Crippen LogP contribution < -0.4 is 0 Å². The number of hydrogen-bond acceptors (Lipinski definition) is 2. The molecule has 0 spiro atoms. The fourth-order valence-corrected chi connectivity index (χ4v) is 2.36. The second-order valence-corrected chi connectivity index (χ2v) is 5.14. The van der Waals surface area contributed by atoms with Crippen LogP contribution in [0.25, 0.3) is 11.3 Å². The van der Waals surface area contributed by atoms with Crippen LogP contribution in [-0.4, -0.2) is 9.97 Å². The summed E-state index contributed by atoms with van der Waals surface area (Å²) in [5.74, 6) is -0.315. The summed E-state index contributed by atoms with van der Waals surface area (Å²) in [5.41, 5.74) is 1.80. The largest absolute Gasteiger partial charge is 0.236 e. The lowest BCUT2D eigenvalue weighted by molar-refractivity contribution is 0.630. The van der Waals surface area contributed by atoms with Crippen LogP contribution in [0.3, 0.4) is 0 Å². The van der Waals surface area contributed by atoms with E-state index < -0.39 is 0 Å². The molecule has 0 aliphatic rings. The van der Waals surface area contributed by atoms with Crippen molar-refractivity contribution in [3.63, 3.8) is 0 Å². The summed E-state index contributed by atoms with van der Waals surface area (Å²) in [4.78, 5) is 8.13. The van der Waals surface area contributed by atoms with E-state index in [2.05, 4.69) is 25.9 Å². The Kier molecular flexibility index (Phi) is 4.30. The summed E-state index contributed by atoms with van der Waals surface area (Å²) in [6.07, 6.45) is 2.98. The van der Waals surface area contributed by atoms with E-state index in [-0.39, 0.29) is 5.82 Å². The number of nitrogens with zero attached hydrogens (tertiary/aromatic N) is 2. The normalized spacial score (nSPS) is 10.7. The van der Waals surface area contributed by atoms with Crippen LogP contribution in [0, 0.1) is 5.82 Å². The zero-order chi connectivity index (χ0) is 13.1. The second kappa shape index (κ2) is 5.76. The van der Waals surface area contributed by atoms with Crippen LogP contribution in [0.1, 0.15) is 18.9 Å². The molecule has 2 rings (SSSR count). The highest BCUT2D eigenvalue weighted by molar-refractivity contribution is 9.10. The Balaban J connectivity index is 2.63. The number of aromatic nitrogens is 2. The second-order valence-electron chi connectivity index (χ2n) is 3.87. The van der Waals surface area contributed by atoms with Crippen LogP contribution >= 0.6 is 27.5 Å². The molecule has 0 fully saturated rings. The first kappa shape index (κ1) is 13.4. The monoisotopic (exact) mass is 328 g/mol. The third-order valence-corrected chi connectivity index (χ3v) is 3.40. The quantitative estimate of drug-likeness (QED) is 0.766. The lowest BCUT2D eigenvalue weighted by Crippen LogP contribution is -1.98. The fourth-order valence-electron chi connectivity index (χ4n) is 1.77. The maximum Gasteiger partial charge on any atom is 0.136 e. The van der Waals surface area contributed by atoms with Crippen LogP contribution in [0.5, 0.6) is 0 Å². The molecule has 0 amide bonds. The Bertz CT molecular complexity index is 575. The molecule has 0 saturated carbocycles. The number of hydrogen-bond donors (Lipinski definition) is 0. The van der Waals surface area contributed by atoms with Crippen molar-refractivity contribution in [3.05, 3.63) is 45.5 Å². The molecule has 94 valence electrons. The zero-order valence-electron chi connectivity index (χ0n) is 9.75. The predicted molar refractivity (Wildman–Crippen MR) is 74.1 cm³/mol. The molecule has 0 unspecified atom stereocenters. The van der Waals surface area contributed by atoms with Gasteiger partial charge in [0.25, 0.3) is 0 Å². The number of rotatable bonds is 3. The molecule has 0 atom stereocenters. The van der Waals surface area contributed by atoms with Gasteiger partial charge in [-0.3, -0.25) is 0 Å². The topological polar surface area (TPSA) is 25.8 Å². The van der Waals surface area contributed by atoms with Crippen LogP contribution in [0.15, 0.2) is 29.0 Å². The van der Waals surface area contributed by atoms with Crippen molar-refractivity contribution in [1.29, 1.82) is 0 Å². The van der Waals surface area contributed by atoms with Crippen LogP contribution in [0.4, 0.5) is 4.39 Å². The van der Waals surface area contributed by atoms with Gasteiger partial charge in [0.1, 0.15) is 17.3 Å². The van der Waals surface area contributed by atoms with E-state index in [0.717, 1.165) is 22.9 Å². The van der Waals surface area contributed by atoms with Crippen LogP contribution in [-0.2, 0) is 6.42 Å². The van der Waals surface area contributed by atoms with Crippen molar-refractivity contribution >= 4 is 27.5 Å². The minimum absolute atomic E-state index is 0.315. The number of benzene rings is 1. The molecule has 0 bridgehead atoms. The smallest absolute Gasteiger partial charge is 0.136 e. The van der Waals surface area contributed by atoms with E-state index in [1.54, 1.807) is 12.1 Å². The van der Waals surface area contributed by atoms with Crippen molar-refractivity contribution in [2.45, 2.75) is 19.8 Å². The Labute approximate surface area is 118 Å². The van der Waals surface area contributed by atoms with Gasteiger partial charge in [-0.05, 0) is 24.6 Å². The molecular formula is C13H11BrClFN2. The third kappa shape index (κ3) is 2.70. The van der Waals surface area contributed by atoms with Gasteiger partial charge in [0, 0.05) is 15.6 Å². The van der Waals surface area contributed by atoms with E-state index in [1.807, 2.05) is 6.92 Å². The summed E-state index contributed by atoms with van der Waals surface area (Å²) in [5, 5.41) is 0.390. The SMILES string of the molecule is CCCc1c(Cl)ncnc1-c1cc(Br)ccc1F. The minimum atomic E-state index is -0.315. The molecule has 18 heavy (non-hydrogen) atoms. The summed E-state index contributed by atoms with van der Waals surface area (Å²) in [6.45, 7) is 2.03. The van der Waals surface area contributed by atoms with E-state index in [1.165, 1.54) is 12.4 Å². The van der Waals surface area contributed by atoms with Crippen molar-refractivity contribution in [2.24, 2.45) is 0 Å². The van der Waals surface area contributed by atoms with E-state index >= 15 is 0 Å².